The number of thiazole rings is 1. The lowest BCUT2D eigenvalue weighted by Crippen LogP contribution is -1.97. The van der Waals surface area contributed by atoms with Crippen molar-refractivity contribution in [2.75, 3.05) is 5.32 Å². The highest BCUT2D eigenvalue weighted by atomic mass is 127. The fraction of sp³-hybridized carbons (Fsp3) is 0.0909. The highest BCUT2D eigenvalue weighted by Gasteiger charge is 2.07. The van der Waals surface area contributed by atoms with Crippen molar-refractivity contribution in [1.82, 2.24) is 15.2 Å². The molecule has 0 atom stereocenters. The van der Waals surface area contributed by atoms with Crippen LogP contribution in [0.25, 0.3) is 10.9 Å². The maximum Gasteiger partial charge on any atom is 0.183 e. The van der Waals surface area contributed by atoms with Gasteiger partial charge < -0.3 is 5.32 Å². The van der Waals surface area contributed by atoms with Crippen LogP contribution >= 0.6 is 45.5 Å². The van der Waals surface area contributed by atoms with E-state index in [2.05, 4.69) is 49.2 Å². The Morgan fingerprint density at radius 2 is 2.33 bits per heavy atom. The standard InChI is InChI=1S/C11H8ClIN4S/c12-11-15-5-6(18-11)4-14-8-3-1-2-7-9(8)16-17-10(7)13/h1-3,5,14H,4H2,(H,16,17). The number of aromatic amines is 1. The molecule has 3 rings (SSSR count). The van der Waals surface area contributed by atoms with Crippen LogP contribution in [-0.2, 0) is 6.54 Å². The predicted molar refractivity (Wildman–Crippen MR) is 83.3 cm³/mol. The molecule has 0 amide bonds. The quantitative estimate of drug-likeness (QED) is 0.667. The van der Waals surface area contributed by atoms with Gasteiger partial charge in [-0.3, -0.25) is 5.10 Å². The summed E-state index contributed by atoms with van der Waals surface area (Å²) in [5.41, 5.74) is 1.97. The second-order valence-corrected chi connectivity index (χ2v) is 6.45. The minimum atomic E-state index is 0.569. The number of para-hydroxylation sites is 1. The van der Waals surface area contributed by atoms with Crippen LogP contribution in [0.15, 0.2) is 24.4 Å². The number of rotatable bonds is 3. The summed E-state index contributed by atoms with van der Waals surface area (Å²) in [5, 5.41) is 11.8. The zero-order chi connectivity index (χ0) is 12.5. The molecule has 0 fully saturated rings. The number of H-pyrrole nitrogens is 1. The van der Waals surface area contributed by atoms with E-state index < -0.39 is 0 Å². The molecule has 0 saturated heterocycles. The number of nitrogens with one attached hydrogen (secondary N) is 2. The second kappa shape index (κ2) is 5.02. The number of hydrogen-bond donors (Lipinski definition) is 2. The van der Waals surface area contributed by atoms with E-state index in [9.17, 15) is 0 Å². The molecule has 0 aliphatic carbocycles. The van der Waals surface area contributed by atoms with E-state index in [4.69, 9.17) is 11.6 Å². The molecular formula is C11H8ClIN4S. The van der Waals surface area contributed by atoms with Gasteiger partial charge in [-0.15, -0.1) is 11.3 Å². The molecule has 2 N–H and O–H groups in total. The van der Waals surface area contributed by atoms with Crippen molar-refractivity contribution < 1.29 is 0 Å². The number of nitrogens with zero attached hydrogens (tertiary/aromatic N) is 2. The number of hydrogen-bond acceptors (Lipinski definition) is 4. The van der Waals surface area contributed by atoms with Crippen LogP contribution in [0.2, 0.25) is 4.47 Å². The third kappa shape index (κ3) is 2.32. The average Bonchev–Trinajstić information content (AvgIpc) is 2.94. The summed E-state index contributed by atoms with van der Waals surface area (Å²) in [5.74, 6) is 0. The topological polar surface area (TPSA) is 53.6 Å². The van der Waals surface area contributed by atoms with Crippen LogP contribution < -0.4 is 5.32 Å². The molecule has 18 heavy (non-hydrogen) atoms. The maximum atomic E-state index is 5.80. The van der Waals surface area contributed by atoms with Crippen molar-refractivity contribution in [3.63, 3.8) is 0 Å². The molecule has 0 radical (unpaired) electrons. The zero-order valence-corrected chi connectivity index (χ0v) is 12.8. The molecule has 0 aliphatic heterocycles. The van der Waals surface area contributed by atoms with E-state index in [1.807, 2.05) is 12.1 Å². The van der Waals surface area contributed by atoms with E-state index in [1.54, 1.807) is 6.20 Å². The van der Waals surface area contributed by atoms with Gasteiger partial charge in [0.05, 0.1) is 12.2 Å². The maximum absolute atomic E-state index is 5.80. The lowest BCUT2D eigenvalue weighted by molar-refractivity contribution is 1.09. The molecule has 0 aliphatic rings. The van der Waals surface area contributed by atoms with E-state index in [0.717, 1.165) is 25.2 Å². The second-order valence-electron chi connectivity index (χ2n) is 3.67. The fourth-order valence-corrected chi connectivity index (χ4v) is 3.17. The molecular weight excluding hydrogens is 383 g/mol. The van der Waals surface area contributed by atoms with Gasteiger partial charge in [-0.05, 0) is 34.7 Å². The van der Waals surface area contributed by atoms with Crippen molar-refractivity contribution in [3.05, 3.63) is 37.4 Å². The van der Waals surface area contributed by atoms with Crippen LogP contribution in [0.5, 0.6) is 0 Å². The molecule has 1 aromatic carbocycles. The van der Waals surface area contributed by atoms with Gasteiger partial charge >= 0.3 is 0 Å². The number of anilines is 1. The third-order valence-corrected chi connectivity index (χ3v) is 4.45. The first kappa shape index (κ1) is 12.2. The largest absolute Gasteiger partial charge is 0.378 e. The summed E-state index contributed by atoms with van der Waals surface area (Å²) in [6.07, 6.45) is 1.79. The van der Waals surface area contributed by atoms with E-state index >= 15 is 0 Å². The van der Waals surface area contributed by atoms with Gasteiger partial charge in [0.15, 0.2) is 4.47 Å². The summed E-state index contributed by atoms with van der Waals surface area (Å²) in [7, 11) is 0. The third-order valence-electron chi connectivity index (χ3n) is 2.52. The first-order valence-electron chi connectivity index (χ1n) is 5.21. The van der Waals surface area contributed by atoms with Crippen molar-refractivity contribution in [2.45, 2.75) is 6.54 Å². The van der Waals surface area contributed by atoms with Crippen molar-refractivity contribution >= 4 is 62.1 Å². The minimum Gasteiger partial charge on any atom is -0.378 e. The number of aromatic nitrogens is 3. The number of halogens is 2. The first-order chi connectivity index (χ1) is 8.74. The summed E-state index contributed by atoms with van der Waals surface area (Å²) < 4.78 is 1.62. The van der Waals surface area contributed by atoms with Gasteiger partial charge in [0.25, 0.3) is 0 Å². The molecule has 0 spiro atoms. The Labute approximate surface area is 126 Å². The Morgan fingerprint density at radius 3 is 3.11 bits per heavy atom. The molecule has 3 aromatic rings. The average molecular weight is 391 g/mol. The first-order valence-corrected chi connectivity index (χ1v) is 7.48. The Kier molecular flexibility index (Phi) is 3.40. The van der Waals surface area contributed by atoms with E-state index in [0.29, 0.717) is 11.0 Å². The van der Waals surface area contributed by atoms with Crippen LogP contribution in [-0.4, -0.2) is 15.2 Å². The molecule has 7 heteroatoms. The Bertz CT molecular complexity index is 693. The van der Waals surface area contributed by atoms with Crippen molar-refractivity contribution in [3.8, 4) is 0 Å². The molecule has 0 saturated carbocycles. The number of benzene rings is 1. The van der Waals surface area contributed by atoms with Gasteiger partial charge in [-0.2, -0.15) is 5.10 Å². The van der Waals surface area contributed by atoms with Gasteiger partial charge in [0, 0.05) is 16.5 Å². The van der Waals surface area contributed by atoms with Crippen LogP contribution in [0.1, 0.15) is 4.88 Å². The minimum absolute atomic E-state index is 0.569. The van der Waals surface area contributed by atoms with Crippen LogP contribution in [0.4, 0.5) is 5.69 Å². The van der Waals surface area contributed by atoms with Gasteiger partial charge in [-0.25, -0.2) is 4.98 Å². The van der Waals surface area contributed by atoms with Gasteiger partial charge in [0.2, 0.25) is 0 Å². The summed E-state index contributed by atoms with van der Waals surface area (Å²) in [6, 6.07) is 6.08. The molecule has 2 heterocycles. The highest BCUT2D eigenvalue weighted by Crippen LogP contribution is 2.26. The lowest BCUT2D eigenvalue weighted by Gasteiger charge is -2.04. The van der Waals surface area contributed by atoms with Crippen molar-refractivity contribution in [2.24, 2.45) is 0 Å². The smallest absolute Gasteiger partial charge is 0.183 e. The number of fused-ring (bicyclic) bond motifs is 1. The van der Waals surface area contributed by atoms with Gasteiger partial charge in [0.1, 0.15) is 9.22 Å². The van der Waals surface area contributed by atoms with Gasteiger partial charge in [-0.1, -0.05) is 17.7 Å². The SMILES string of the molecule is Clc1ncc(CNc2cccc3c(I)[nH]nc23)s1. The monoisotopic (exact) mass is 390 g/mol. The summed E-state index contributed by atoms with van der Waals surface area (Å²) in [6.45, 7) is 0.701. The summed E-state index contributed by atoms with van der Waals surface area (Å²) in [4.78, 5) is 5.12. The Hall–Kier alpha value is -0.860. The van der Waals surface area contributed by atoms with Crippen molar-refractivity contribution in [1.29, 1.82) is 0 Å². The van der Waals surface area contributed by atoms with E-state index in [1.165, 1.54) is 11.3 Å². The molecule has 2 aromatic heterocycles. The molecule has 0 bridgehead atoms. The molecule has 92 valence electrons. The lowest BCUT2D eigenvalue weighted by atomic mass is 10.2. The normalized spacial score (nSPS) is 11.0. The highest BCUT2D eigenvalue weighted by molar-refractivity contribution is 14.1. The molecule has 0 unspecified atom stereocenters. The van der Waals surface area contributed by atoms with Crippen LogP contribution in [0, 0.1) is 3.70 Å². The zero-order valence-electron chi connectivity index (χ0n) is 9.08. The fourth-order valence-electron chi connectivity index (χ4n) is 1.70. The van der Waals surface area contributed by atoms with E-state index in [-0.39, 0.29) is 0 Å². The Balaban J connectivity index is 1.86. The Morgan fingerprint density at radius 1 is 1.44 bits per heavy atom. The predicted octanol–water partition coefficient (Wildman–Crippen LogP) is 3.89. The van der Waals surface area contributed by atoms with Crippen LogP contribution in [0.3, 0.4) is 0 Å². The summed E-state index contributed by atoms with van der Waals surface area (Å²) >= 11 is 9.52. The molecule has 4 nitrogen and oxygen atoms in total.